The molecule has 0 bridgehead atoms. The van der Waals surface area contributed by atoms with Crippen LogP contribution in [-0.2, 0) is 26.2 Å². The molecule has 40 heavy (non-hydrogen) atoms. The summed E-state index contributed by atoms with van der Waals surface area (Å²) in [5.41, 5.74) is 2.25. The number of nitrogens with one attached hydrogen (secondary N) is 1. The number of hydrogen-bond donors (Lipinski definition) is 1. The molecule has 1 N–H and O–H groups in total. The number of aryl methyl sites for hydroxylation is 2. The minimum Gasteiger partial charge on any atom is -0.350 e. The number of nitrogens with zero attached hydrogens (tertiary/aromatic N) is 2. The molecule has 214 valence electrons. The number of sulfonamides is 1. The van der Waals surface area contributed by atoms with Crippen LogP contribution in [0.4, 0.5) is 5.69 Å². The number of carbonyl (C=O) groups excluding carboxylic acids is 2. The van der Waals surface area contributed by atoms with E-state index in [0.29, 0.717) is 22.7 Å². The summed E-state index contributed by atoms with van der Waals surface area (Å²) < 4.78 is 29.0. The van der Waals surface area contributed by atoms with Crippen molar-refractivity contribution in [3.05, 3.63) is 94.5 Å². The number of rotatable bonds is 10. The van der Waals surface area contributed by atoms with Gasteiger partial charge in [0.25, 0.3) is 10.0 Å². The maximum Gasteiger partial charge on any atom is 0.264 e. The van der Waals surface area contributed by atoms with Gasteiger partial charge in [0.05, 0.1) is 10.6 Å². The molecule has 3 rings (SSSR count). The number of amides is 2. The first-order chi connectivity index (χ1) is 18.7. The summed E-state index contributed by atoms with van der Waals surface area (Å²) in [5, 5.41) is 3.42. The fraction of sp³-hybridized carbons (Fsp3) is 0.355. The van der Waals surface area contributed by atoms with Crippen molar-refractivity contribution >= 4 is 39.1 Å². The zero-order valence-electron chi connectivity index (χ0n) is 23.9. The Morgan fingerprint density at radius 1 is 0.925 bits per heavy atom. The zero-order valence-corrected chi connectivity index (χ0v) is 25.5. The predicted octanol–water partition coefficient (Wildman–Crippen LogP) is 5.87. The molecule has 0 radical (unpaired) electrons. The number of benzene rings is 3. The molecular formula is C31H38ClN3O4S. The van der Waals surface area contributed by atoms with Crippen LogP contribution in [0.5, 0.6) is 0 Å². The average Bonchev–Trinajstić information content (AvgIpc) is 2.87. The van der Waals surface area contributed by atoms with Gasteiger partial charge in [-0.3, -0.25) is 13.9 Å². The van der Waals surface area contributed by atoms with Crippen molar-refractivity contribution in [3.63, 3.8) is 0 Å². The first kappa shape index (κ1) is 31.2. The van der Waals surface area contributed by atoms with Gasteiger partial charge in [-0.15, -0.1) is 0 Å². The topological polar surface area (TPSA) is 86.8 Å². The maximum atomic E-state index is 14.1. The third kappa shape index (κ3) is 7.86. The highest BCUT2D eigenvalue weighted by molar-refractivity contribution is 7.92. The van der Waals surface area contributed by atoms with Crippen molar-refractivity contribution in [3.8, 4) is 0 Å². The lowest BCUT2D eigenvalue weighted by molar-refractivity contribution is -0.141. The molecular weight excluding hydrogens is 546 g/mol. The van der Waals surface area contributed by atoms with Crippen LogP contribution in [0.1, 0.15) is 50.8 Å². The maximum absolute atomic E-state index is 14.1. The Balaban J connectivity index is 2.09. The van der Waals surface area contributed by atoms with E-state index in [1.54, 1.807) is 54.6 Å². The van der Waals surface area contributed by atoms with E-state index in [-0.39, 0.29) is 17.3 Å². The zero-order chi connectivity index (χ0) is 29.7. The molecule has 0 aliphatic carbocycles. The minimum atomic E-state index is -4.12. The number of anilines is 1. The third-order valence-corrected chi connectivity index (χ3v) is 8.52. The smallest absolute Gasteiger partial charge is 0.264 e. The summed E-state index contributed by atoms with van der Waals surface area (Å²) >= 11 is 6.45. The summed E-state index contributed by atoms with van der Waals surface area (Å²) in [6.45, 7) is 10.7. The van der Waals surface area contributed by atoms with E-state index in [1.165, 1.54) is 17.0 Å². The van der Waals surface area contributed by atoms with Gasteiger partial charge >= 0.3 is 0 Å². The van der Waals surface area contributed by atoms with Crippen molar-refractivity contribution in [2.24, 2.45) is 0 Å². The SMILES string of the molecule is CC[C@@H](C(=O)NC(C)(C)C)N(Cc1ccccc1Cl)C(=O)CN(c1cccc(C)c1)S(=O)(=O)c1ccc(C)cc1. The Morgan fingerprint density at radius 2 is 1.57 bits per heavy atom. The average molecular weight is 584 g/mol. The Hall–Kier alpha value is -3.36. The van der Waals surface area contributed by atoms with Gasteiger partial charge < -0.3 is 10.2 Å². The van der Waals surface area contributed by atoms with Crippen LogP contribution >= 0.6 is 11.6 Å². The molecule has 1 atom stereocenters. The molecule has 0 saturated heterocycles. The summed E-state index contributed by atoms with van der Waals surface area (Å²) in [6.07, 6.45) is 0.327. The molecule has 0 unspecified atom stereocenters. The molecule has 3 aromatic rings. The molecule has 0 saturated carbocycles. The Labute approximate surface area is 243 Å². The molecule has 0 heterocycles. The highest BCUT2D eigenvalue weighted by Crippen LogP contribution is 2.26. The summed E-state index contributed by atoms with van der Waals surface area (Å²) in [7, 11) is -4.12. The molecule has 3 aromatic carbocycles. The van der Waals surface area contributed by atoms with Gasteiger partial charge in [-0.2, -0.15) is 0 Å². The van der Waals surface area contributed by atoms with Crippen molar-refractivity contribution in [2.45, 2.75) is 71.0 Å². The third-order valence-electron chi connectivity index (χ3n) is 6.36. The summed E-state index contributed by atoms with van der Waals surface area (Å²) in [6, 6.07) is 19.8. The predicted molar refractivity (Wildman–Crippen MR) is 161 cm³/mol. The summed E-state index contributed by atoms with van der Waals surface area (Å²) in [4.78, 5) is 29.0. The number of carbonyl (C=O) groups is 2. The first-order valence-corrected chi connectivity index (χ1v) is 15.1. The van der Waals surface area contributed by atoms with Crippen molar-refractivity contribution in [1.82, 2.24) is 10.2 Å². The van der Waals surface area contributed by atoms with Gasteiger partial charge in [0, 0.05) is 17.1 Å². The molecule has 0 aliphatic rings. The van der Waals surface area contributed by atoms with Crippen LogP contribution in [0.25, 0.3) is 0 Å². The van der Waals surface area contributed by atoms with Crippen LogP contribution < -0.4 is 9.62 Å². The molecule has 9 heteroatoms. The molecule has 7 nitrogen and oxygen atoms in total. The van der Waals surface area contributed by atoms with Crippen LogP contribution in [0, 0.1) is 13.8 Å². The first-order valence-electron chi connectivity index (χ1n) is 13.2. The van der Waals surface area contributed by atoms with E-state index in [1.807, 2.05) is 47.6 Å². The lowest BCUT2D eigenvalue weighted by atomic mass is 10.1. The largest absolute Gasteiger partial charge is 0.350 e. The highest BCUT2D eigenvalue weighted by Gasteiger charge is 2.34. The normalized spacial score (nSPS) is 12.5. The molecule has 0 aromatic heterocycles. The highest BCUT2D eigenvalue weighted by atomic mass is 35.5. The molecule has 2 amide bonds. The standard InChI is InChI=1S/C31H38ClN3O4S/c1-7-28(30(37)33-31(4,5)6)34(20-24-12-8-9-14-27(24)32)29(36)21-35(25-13-10-11-23(3)19-25)40(38,39)26-17-15-22(2)16-18-26/h8-19,28H,7,20-21H2,1-6H3,(H,33,37)/t28-/m0/s1. The van der Waals surface area contributed by atoms with E-state index in [9.17, 15) is 18.0 Å². The van der Waals surface area contributed by atoms with Gasteiger partial charge in [0.15, 0.2) is 0 Å². The summed E-state index contributed by atoms with van der Waals surface area (Å²) in [5.74, 6) is -0.841. The van der Waals surface area contributed by atoms with Gasteiger partial charge in [0.2, 0.25) is 11.8 Å². The van der Waals surface area contributed by atoms with Crippen LogP contribution in [-0.4, -0.2) is 43.3 Å². The van der Waals surface area contributed by atoms with Gasteiger partial charge in [-0.1, -0.05) is 66.6 Å². The fourth-order valence-electron chi connectivity index (χ4n) is 4.33. The second-order valence-electron chi connectivity index (χ2n) is 10.9. The Bertz CT molecular complexity index is 1450. The monoisotopic (exact) mass is 583 g/mol. The van der Waals surface area contributed by atoms with Crippen LogP contribution in [0.3, 0.4) is 0 Å². The lowest BCUT2D eigenvalue weighted by Gasteiger charge is -2.35. The van der Waals surface area contributed by atoms with Gasteiger partial charge in [-0.25, -0.2) is 8.42 Å². The van der Waals surface area contributed by atoms with Crippen molar-refractivity contribution < 1.29 is 18.0 Å². The van der Waals surface area contributed by atoms with E-state index in [4.69, 9.17) is 11.6 Å². The second kappa shape index (κ2) is 12.9. The minimum absolute atomic E-state index is 0.0425. The van der Waals surface area contributed by atoms with Crippen LogP contribution in [0.2, 0.25) is 5.02 Å². The van der Waals surface area contributed by atoms with Crippen molar-refractivity contribution in [1.29, 1.82) is 0 Å². The quantitative estimate of drug-likeness (QED) is 0.323. The van der Waals surface area contributed by atoms with Gasteiger partial charge in [0.1, 0.15) is 12.6 Å². The molecule has 0 fully saturated rings. The van der Waals surface area contributed by atoms with Crippen LogP contribution in [0.15, 0.2) is 77.7 Å². The number of halogens is 1. The van der Waals surface area contributed by atoms with E-state index >= 15 is 0 Å². The van der Waals surface area contributed by atoms with Gasteiger partial charge in [-0.05, 0) is 82.5 Å². The lowest BCUT2D eigenvalue weighted by Crippen LogP contribution is -2.55. The number of hydrogen-bond acceptors (Lipinski definition) is 4. The Kier molecular flexibility index (Phi) is 10.0. The van der Waals surface area contributed by atoms with E-state index < -0.39 is 34.1 Å². The van der Waals surface area contributed by atoms with E-state index in [2.05, 4.69) is 5.32 Å². The second-order valence-corrected chi connectivity index (χ2v) is 13.2. The molecule has 0 aliphatic heterocycles. The van der Waals surface area contributed by atoms with E-state index in [0.717, 1.165) is 15.4 Å². The van der Waals surface area contributed by atoms with Crippen molar-refractivity contribution in [2.75, 3.05) is 10.8 Å². The fourth-order valence-corrected chi connectivity index (χ4v) is 5.93. The Morgan fingerprint density at radius 3 is 2.15 bits per heavy atom. The molecule has 0 spiro atoms.